The Morgan fingerprint density at radius 1 is 1.18 bits per heavy atom. The first-order chi connectivity index (χ1) is 13.6. The molecule has 7 nitrogen and oxygen atoms in total. The largest absolute Gasteiger partial charge is 0.492 e. The lowest BCUT2D eigenvalue weighted by Crippen LogP contribution is -2.28. The number of fused-ring (bicyclic) bond motifs is 1. The lowest BCUT2D eigenvalue weighted by Gasteiger charge is -2.06. The summed E-state index contributed by atoms with van der Waals surface area (Å²) < 4.78 is 25.6. The van der Waals surface area contributed by atoms with Gasteiger partial charge in [-0.25, -0.2) is 4.39 Å². The number of amides is 1. The van der Waals surface area contributed by atoms with Crippen molar-refractivity contribution in [2.75, 3.05) is 13.2 Å². The summed E-state index contributed by atoms with van der Waals surface area (Å²) in [5.74, 6) is 0.762. The summed E-state index contributed by atoms with van der Waals surface area (Å²) >= 11 is 0. The Labute approximate surface area is 159 Å². The second-order valence-corrected chi connectivity index (χ2v) is 6.07. The Hall–Kier alpha value is -3.68. The fraction of sp³-hybridized carbons (Fsp3) is 0.150. The molecule has 4 aromatic rings. The number of rotatable bonds is 6. The first-order valence-corrected chi connectivity index (χ1v) is 8.70. The summed E-state index contributed by atoms with van der Waals surface area (Å²) in [6, 6.07) is 15.2. The second-order valence-electron chi connectivity index (χ2n) is 6.07. The molecule has 2 aromatic carbocycles. The number of nitrogens with one attached hydrogen (secondary N) is 1. The minimum absolute atomic E-state index is 0.139. The Balaban J connectivity index is 1.42. The Kier molecular flexibility index (Phi) is 4.76. The maximum absolute atomic E-state index is 13.1. The van der Waals surface area contributed by atoms with E-state index >= 15 is 0 Å². The maximum atomic E-state index is 13.1. The van der Waals surface area contributed by atoms with E-state index in [0.29, 0.717) is 30.2 Å². The molecule has 0 saturated carbocycles. The highest BCUT2D eigenvalue weighted by Crippen LogP contribution is 2.20. The number of aryl methyl sites for hydroxylation is 1. The SMILES string of the molecule is Cc1c(C(=O)NCCOc2ccccc2)oc2nc(-c3ccc(F)cc3)nn12. The van der Waals surface area contributed by atoms with E-state index in [1.807, 2.05) is 30.3 Å². The summed E-state index contributed by atoms with van der Waals surface area (Å²) in [5.41, 5.74) is 1.18. The van der Waals surface area contributed by atoms with Gasteiger partial charge >= 0.3 is 5.84 Å². The molecule has 2 aromatic heterocycles. The number of nitrogens with zero attached hydrogens (tertiary/aromatic N) is 3. The summed E-state index contributed by atoms with van der Waals surface area (Å²) in [4.78, 5) is 16.6. The number of oxazole rings is 1. The number of aromatic nitrogens is 3. The highest BCUT2D eigenvalue weighted by Gasteiger charge is 2.21. The Bertz CT molecular complexity index is 1100. The maximum Gasteiger partial charge on any atom is 0.325 e. The van der Waals surface area contributed by atoms with Crippen LogP contribution in [0.2, 0.25) is 0 Å². The second kappa shape index (κ2) is 7.51. The van der Waals surface area contributed by atoms with Crippen molar-refractivity contribution in [3.05, 3.63) is 71.9 Å². The van der Waals surface area contributed by atoms with Gasteiger partial charge in [-0.15, -0.1) is 5.10 Å². The molecule has 0 saturated heterocycles. The van der Waals surface area contributed by atoms with Crippen LogP contribution in [0.5, 0.6) is 5.75 Å². The van der Waals surface area contributed by atoms with Gasteiger partial charge in [0.25, 0.3) is 5.91 Å². The average molecular weight is 380 g/mol. The van der Waals surface area contributed by atoms with E-state index in [-0.39, 0.29) is 23.3 Å². The molecule has 0 bridgehead atoms. The topological polar surface area (TPSA) is 81.7 Å². The van der Waals surface area contributed by atoms with E-state index in [9.17, 15) is 9.18 Å². The van der Waals surface area contributed by atoms with Gasteiger partial charge in [0.1, 0.15) is 18.2 Å². The van der Waals surface area contributed by atoms with Crippen LogP contribution >= 0.6 is 0 Å². The number of benzene rings is 2. The van der Waals surface area contributed by atoms with E-state index in [4.69, 9.17) is 9.15 Å². The van der Waals surface area contributed by atoms with E-state index in [0.717, 1.165) is 5.75 Å². The van der Waals surface area contributed by atoms with Gasteiger partial charge in [0.05, 0.1) is 12.2 Å². The number of halogens is 1. The standard InChI is InChI=1S/C20H17FN4O3/c1-13-17(19(26)22-11-12-27-16-5-3-2-4-6-16)28-20-23-18(24-25(13)20)14-7-9-15(21)10-8-14/h2-10H,11-12H2,1H3,(H,22,26). The molecular formula is C20H17FN4O3. The molecule has 142 valence electrons. The van der Waals surface area contributed by atoms with E-state index < -0.39 is 0 Å². The van der Waals surface area contributed by atoms with Crippen molar-refractivity contribution in [1.82, 2.24) is 19.9 Å². The third kappa shape index (κ3) is 3.57. The first-order valence-electron chi connectivity index (χ1n) is 8.70. The molecule has 0 unspecified atom stereocenters. The third-order valence-corrected chi connectivity index (χ3v) is 4.13. The zero-order valence-corrected chi connectivity index (χ0v) is 15.1. The molecule has 2 heterocycles. The average Bonchev–Trinajstić information content (AvgIpc) is 3.26. The van der Waals surface area contributed by atoms with Gasteiger partial charge in [-0.2, -0.15) is 9.50 Å². The van der Waals surface area contributed by atoms with Crippen molar-refractivity contribution in [2.45, 2.75) is 6.92 Å². The van der Waals surface area contributed by atoms with Crippen molar-refractivity contribution >= 4 is 11.8 Å². The van der Waals surface area contributed by atoms with Crippen molar-refractivity contribution in [3.63, 3.8) is 0 Å². The van der Waals surface area contributed by atoms with Crippen LogP contribution in [0, 0.1) is 12.7 Å². The van der Waals surface area contributed by atoms with Gasteiger partial charge in [0.15, 0.2) is 5.82 Å². The number of carbonyl (C=O) groups excluding carboxylic acids is 1. The van der Waals surface area contributed by atoms with Crippen molar-refractivity contribution < 1.29 is 18.3 Å². The molecular weight excluding hydrogens is 363 g/mol. The first kappa shape index (κ1) is 17.7. The minimum atomic E-state index is -0.371. The highest BCUT2D eigenvalue weighted by atomic mass is 19.1. The zero-order valence-electron chi connectivity index (χ0n) is 15.1. The van der Waals surface area contributed by atoms with Crippen LogP contribution in [0.4, 0.5) is 4.39 Å². The van der Waals surface area contributed by atoms with Crippen LogP contribution in [0.25, 0.3) is 17.2 Å². The smallest absolute Gasteiger partial charge is 0.325 e. The third-order valence-electron chi connectivity index (χ3n) is 4.13. The van der Waals surface area contributed by atoms with Crippen LogP contribution < -0.4 is 10.1 Å². The molecule has 28 heavy (non-hydrogen) atoms. The normalized spacial score (nSPS) is 10.9. The molecule has 0 fully saturated rings. The molecule has 0 spiro atoms. The quantitative estimate of drug-likeness (QED) is 0.519. The highest BCUT2D eigenvalue weighted by molar-refractivity contribution is 5.92. The lowest BCUT2D eigenvalue weighted by atomic mass is 10.2. The Morgan fingerprint density at radius 2 is 1.93 bits per heavy atom. The molecule has 0 aliphatic carbocycles. The van der Waals surface area contributed by atoms with E-state index in [1.54, 1.807) is 19.1 Å². The van der Waals surface area contributed by atoms with Crippen LogP contribution in [0.3, 0.4) is 0 Å². The Morgan fingerprint density at radius 3 is 2.64 bits per heavy atom. The number of hydrogen-bond donors (Lipinski definition) is 1. The zero-order chi connectivity index (χ0) is 19.5. The number of para-hydroxylation sites is 1. The molecule has 0 atom stereocenters. The predicted molar refractivity (Wildman–Crippen MR) is 99.7 cm³/mol. The molecule has 4 rings (SSSR count). The minimum Gasteiger partial charge on any atom is -0.492 e. The fourth-order valence-electron chi connectivity index (χ4n) is 2.71. The fourth-order valence-corrected chi connectivity index (χ4v) is 2.71. The van der Waals surface area contributed by atoms with Crippen molar-refractivity contribution in [1.29, 1.82) is 0 Å². The van der Waals surface area contributed by atoms with Crippen LogP contribution in [-0.4, -0.2) is 33.7 Å². The number of carbonyl (C=O) groups is 1. The van der Waals surface area contributed by atoms with Crippen LogP contribution in [0.1, 0.15) is 16.2 Å². The molecule has 0 aliphatic rings. The van der Waals surface area contributed by atoms with Gasteiger partial charge < -0.3 is 14.5 Å². The number of ether oxygens (including phenoxy) is 1. The van der Waals surface area contributed by atoms with Crippen molar-refractivity contribution in [3.8, 4) is 17.1 Å². The molecule has 1 amide bonds. The van der Waals surface area contributed by atoms with E-state index in [2.05, 4.69) is 15.4 Å². The van der Waals surface area contributed by atoms with E-state index in [1.165, 1.54) is 16.6 Å². The van der Waals surface area contributed by atoms with Crippen LogP contribution in [-0.2, 0) is 0 Å². The number of hydrogen-bond acceptors (Lipinski definition) is 5. The molecule has 0 radical (unpaired) electrons. The molecule has 0 aliphatic heterocycles. The van der Waals surface area contributed by atoms with Crippen LogP contribution in [0.15, 0.2) is 59.0 Å². The molecule has 1 N–H and O–H groups in total. The summed E-state index contributed by atoms with van der Waals surface area (Å²) in [5, 5.41) is 7.08. The predicted octanol–water partition coefficient (Wildman–Crippen LogP) is 3.25. The summed E-state index contributed by atoms with van der Waals surface area (Å²) in [6.45, 7) is 2.37. The molecule has 8 heteroatoms. The van der Waals surface area contributed by atoms with Gasteiger partial charge in [-0.3, -0.25) is 4.79 Å². The van der Waals surface area contributed by atoms with Gasteiger partial charge in [0.2, 0.25) is 5.76 Å². The summed E-state index contributed by atoms with van der Waals surface area (Å²) in [7, 11) is 0. The van der Waals surface area contributed by atoms with Gasteiger partial charge in [-0.1, -0.05) is 18.2 Å². The van der Waals surface area contributed by atoms with Gasteiger partial charge in [0, 0.05) is 5.56 Å². The van der Waals surface area contributed by atoms with Crippen molar-refractivity contribution in [2.24, 2.45) is 0 Å². The monoisotopic (exact) mass is 380 g/mol. The summed E-state index contributed by atoms with van der Waals surface area (Å²) in [6.07, 6.45) is 0. The lowest BCUT2D eigenvalue weighted by molar-refractivity contribution is 0.0920. The van der Waals surface area contributed by atoms with Gasteiger partial charge in [-0.05, 0) is 43.3 Å².